The standard InChI is InChI=1S/C23H29N3O3/c1-23(2,3)29-22(28)25(4)20-18(13-10-15-24-20)19-14-8-9-16-26(19)21(27)17-11-6-5-7-12-17/h5-7,10-13,15,19H,8-9,14,16H2,1-4H3/t19-/m1/s1. The van der Waals surface area contributed by atoms with E-state index in [0.717, 1.165) is 24.8 Å². The van der Waals surface area contributed by atoms with Gasteiger partial charge < -0.3 is 9.64 Å². The van der Waals surface area contributed by atoms with Crippen LogP contribution in [0.2, 0.25) is 0 Å². The topological polar surface area (TPSA) is 62.7 Å². The predicted molar refractivity (Wildman–Crippen MR) is 113 cm³/mol. The highest BCUT2D eigenvalue weighted by Crippen LogP contribution is 2.36. The number of rotatable bonds is 3. The predicted octanol–water partition coefficient (Wildman–Crippen LogP) is 4.82. The molecule has 29 heavy (non-hydrogen) atoms. The van der Waals surface area contributed by atoms with Crippen LogP contribution >= 0.6 is 0 Å². The molecule has 2 aromatic rings. The van der Waals surface area contributed by atoms with E-state index >= 15 is 0 Å². The lowest BCUT2D eigenvalue weighted by Gasteiger charge is -2.37. The van der Waals surface area contributed by atoms with Crippen molar-refractivity contribution in [1.29, 1.82) is 0 Å². The Morgan fingerprint density at radius 3 is 2.52 bits per heavy atom. The summed E-state index contributed by atoms with van der Waals surface area (Å²) in [6.07, 6.45) is 4.01. The van der Waals surface area contributed by atoms with Crippen molar-refractivity contribution < 1.29 is 14.3 Å². The molecule has 2 heterocycles. The van der Waals surface area contributed by atoms with Gasteiger partial charge in [-0.1, -0.05) is 24.3 Å². The Morgan fingerprint density at radius 1 is 1.10 bits per heavy atom. The first-order valence-electron chi connectivity index (χ1n) is 10.1. The molecule has 1 aromatic heterocycles. The number of carbonyl (C=O) groups is 2. The van der Waals surface area contributed by atoms with E-state index in [0.29, 0.717) is 17.9 Å². The van der Waals surface area contributed by atoms with Crippen molar-refractivity contribution in [3.63, 3.8) is 0 Å². The molecule has 0 spiro atoms. The van der Waals surface area contributed by atoms with Crippen molar-refractivity contribution >= 4 is 17.8 Å². The lowest BCUT2D eigenvalue weighted by Crippen LogP contribution is -2.40. The van der Waals surface area contributed by atoms with Gasteiger partial charge >= 0.3 is 6.09 Å². The Labute approximate surface area is 172 Å². The molecular formula is C23H29N3O3. The normalized spacial score (nSPS) is 17.0. The first-order valence-corrected chi connectivity index (χ1v) is 10.1. The maximum absolute atomic E-state index is 13.2. The Balaban J connectivity index is 1.92. The summed E-state index contributed by atoms with van der Waals surface area (Å²) in [5.41, 5.74) is 0.940. The number of carbonyl (C=O) groups excluding carboxylic acids is 2. The molecular weight excluding hydrogens is 366 g/mol. The molecule has 1 aliphatic rings. The van der Waals surface area contributed by atoms with E-state index in [1.165, 1.54) is 4.90 Å². The van der Waals surface area contributed by atoms with Crippen molar-refractivity contribution in [1.82, 2.24) is 9.88 Å². The first kappa shape index (κ1) is 20.8. The summed E-state index contributed by atoms with van der Waals surface area (Å²) in [5, 5.41) is 0. The number of hydrogen-bond acceptors (Lipinski definition) is 4. The lowest BCUT2D eigenvalue weighted by atomic mass is 9.94. The van der Waals surface area contributed by atoms with Gasteiger partial charge in [-0.25, -0.2) is 9.78 Å². The van der Waals surface area contributed by atoms with Crippen LogP contribution in [0.1, 0.15) is 62.0 Å². The van der Waals surface area contributed by atoms with E-state index < -0.39 is 11.7 Å². The van der Waals surface area contributed by atoms with Crippen LogP contribution in [0, 0.1) is 0 Å². The Morgan fingerprint density at radius 2 is 1.83 bits per heavy atom. The van der Waals surface area contributed by atoms with Gasteiger partial charge in [-0.05, 0) is 58.2 Å². The number of likely N-dealkylation sites (tertiary alicyclic amines) is 1. The minimum Gasteiger partial charge on any atom is -0.443 e. The summed E-state index contributed by atoms with van der Waals surface area (Å²) in [7, 11) is 1.66. The molecule has 1 aromatic carbocycles. The van der Waals surface area contributed by atoms with Crippen molar-refractivity contribution in [2.45, 2.75) is 51.7 Å². The summed E-state index contributed by atoms with van der Waals surface area (Å²) >= 11 is 0. The lowest BCUT2D eigenvalue weighted by molar-refractivity contribution is 0.0586. The third-order valence-electron chi connectivity index (χ3n) is 4.95. The Hall–Kier alpha value is -2.89. The maximum atomic E-state index is 13.2. The quantitative estimate of drug-likeness (QED) is 0.747. The largest absolute Gasteiger partial charge is 0.443 e. The summed E-state index contributed by atoms with van der Waals surface area (Å²) < 4.78 is 5.51. The van der Waals surface area contributed by atoms with Crippen LogP contribution in [-0.2, 0) is 4.74 Å². The molecule has 1 atom stereocenters. The van der Waals surface area contributed by atoms with Gasteiger partial charge in [-0.2, -0.15) is 0 Å². The number of piperidine rings is 1. The molecule has 2 amide bonds. The van der Waals surface area contributed by atoms with Crippen LogP contribution in [-0.4, -0.2) is 41.1 Å². The second kappa shape index (κ2) is 8.64. The number of hydrogen-bond donors (Lipinski definition) is 0. The van der Waals surface area contributed by atoms with Crippen LogP contribution in [0.25, 0.3) is 0 Å². The summed E-state index contributed by atoms with van der Waals surface area (Å²) in [6.45, 7) is 6.18. The van der Waals surface area contributed by atoms with Crippen molar-refractivity contribution in [2.75, 3.05) is 18.5 Å². The molecule has 0 unspecified atom stereocenters. The fraction of sp³-hybridized carbons (Fsp3) is 0.435. The molecule has 1 saturated heterocycles. The highest BCUT2D eigenvalue weighted by Gasteiger charge is 2.32. The molecule has 0 N–H and O–H groups in total. The fourth-order valence-electron chi connectivity index (χ4n) is 3.61. The number of amides is 2. The third-order valence-corrected chi connectivity index (χ3v) is 4.95. The molecule has 154 valence electrons. The van der Waals surface area contributed by atoms with E-state index in [-0.39, 0.29) is 11.9 Å². The molecule has 3 rings (SSSR count). The monoisotopic (exact) mass is 395 g/mol. The molecule has 0 aliphatic carbocycles. The molecule has 0 bridgehead atoms. The number of ether oxygens (including phenoxy) is 1. The fourth-order valence-corrected chi connectivity index (χ4v) is 3.61. The summed E-state index contributed by atoms with van der Waals surface area (Å²) in [5.74, 6) is 0.532. The number of pyridine rings is 1. The van der Waals surface area contributed by atoms with Gasteiger partial charge in [0.25, 0.3) is 5.91 Å². The highest BCUT2D eigenvalue weighted by molar-refractivity contribution is 5.95. The zero-order valence-electron chi connectivity index (χ0n) is 17.6. The molecule has 0 saturated carbocycles. The van der Waals surface area contributed by atoms with Gasteiger partial charge in [-0.3, -0.25) is 9.69 Å². The van der Waals surface area contributed by atoms with Crippen LogP contribution in [0.3, 0.4) is 0 Å². The number of aromatic nitrogens is 1. The maximum Gasteiger partial charge on any atom is 0.415 e. The first-order chi connectivity index (χ1) is 13.8. The van der Waals surface area contributed by atoms with Gasteiger partial charge in [-0.15, -0.1) is 0 Å². The van der Waals surface area contributed by atoms with Crippen molar-refractivity contribution in [3.8, 4) is 0 Å². The second-order valence-corrected chi connectivity index (χ2v) is 8.33. The molecule has 6 heteroatoms. The van der Waals surface area contributed by atoms with Crippen LogP contribution in [0.15, 0.2) is 48.7 Å². The van der Waals surface area contributed by atoms with Crippen molar-refractivity contribution in [3.05, 3.63) is 59.8 Å². The van der Waals surface area contributed by atoms with Crippen LogP contribution < -0.4 is 4.90 Å². The zero-order valence-corrected chi connectivity index (χ0v) is 17.6. The second-order valence-electron chi connectivity index (χ2n) is 8.33. The molecule has 1 aliphatic heterocycles. The average molecular weight is 396 g/mol. The minimum absolute atomic E-state index is 0.00465. The highest BCUT2D eigenvalue weighted by atomic mass is 16.6. The summed E-state index contributed by atoms with van der Waals surface area (Å²) in [4.78, 5) is 33.6. The zero-order chi connectivity index (χ0) is 21.0. The Kier molecular flexibility index (Phi) is 6.20. The van der Waals surface area contributed by atoms with Crippen molar-refractivity contribution in [2.24, 2.45) is 0 Å². The SMILES string of the molecule is CN(C(=O)OC(C)(C)C)c1ncccc1[C@H]1CCCCN1C(=O)c1ccccc1. The van der Waals surface area contributed by atoms with Gasteiger partial charge in [0.1, 0.15) is 11.4 Å². The van der Waals surface area contributed by atoms with E-state index in [4.69, 9.17) is 4.74 Å². The average Bonchev–Trinajstić information content (AvgIpc) is 2.72. The van der Waals surface area contributed by atoms with E-state index in [1.807, 2.05) is 68.1 Å². The van der Waals surface area contributed by atoms with E-state index in [9.17, 15) is 9.59 Å². The Bertz CT molecular complexity index is 861. The molecule has 6 nitrogen and oxygen atoms in total. The van der Waals surface area contributed by atoms with Crippen LogP contribution in [0.4, 0.5) is 10.6 Å². The number of anilines is 1. The van der Waals surface area contributed by atoms with Gasteiger partial charge in [0.15, 0.2) is 0 Å². The molecule has 1 fully saturated rings. The van der Waals surface area contributed by atoms with E-state index in [1.54, 1.807) is 13.2 Å². The van der Waals surface area contributed by atoms with Gasteiger partial charge in [0.05, 0.1) is 6.04 Å². The minimum atomic E-state index is -0.597. The smallest absolute Gasteiger partial charge is 0.415 e. The van der Waals surface area contributed by atoms with E-state index in [2.05, 4.69) is 4.98 Å². The van der Waals surface area contributed by atoms with Gasteiger partial charge in [0.2, 0.25) is 0 Å². The number of nitrogens with zero attached hydrogens (tertiary/aromatic N) is 3. The van der Waals surface area contributed by atoms with Gasteiger partial charge in [0, 0.05) is 30.9 Å². The summed E-state index contributed by atoms with van der Waals surface area (Å²) in [6, 6.07) is 13.0. The molecule has 0 radical (unpaired) electrons. The number of benzene rings is 1. The van der Waals surface area contributed by atoms with Crippen LogP contribution in [0.5, 0.6) is 0 Å². The third kappa shape index (κ3) is 4.94.